The van der Waals surface area contributed by atoms with Gasteiger partial charge in [-0.1, -0.05) is 48.5 Å². The van der Waals surface area contributed by atoms with Crippen molar-refractivity contribution in [3.05, 3.63) is 62.2 Å². The first-order valence-electron chi connectivity index (χ1n) is 7.65. The maximum atomic E-state index is 5.38. The van der Waals surface area contributed by atoms with Crippen LogP contribution in [0.1, 0.15) is 50.1 Å². The zero-order chi connectivity index (χ0) is 16.6. The Morgan fingerprint density at radius 3 is 1.70 bits per heavy atom. The first-order chi connectivity index (χ1) is 10.3. The van der Waals surface area contributed by atoms with Crippen LogP contribution in [0.5, 0.6) is 5.75 Å². The molecule has 2 aromatic carbocycles. The molecular weight excluding hydrogens is 356 g/mol. The van der Waals surface area contributed by atoms with Crippen molar-refractivity contribution in [2.24, 2.45) is 0 Å². The molecule has 0 unspecified atom stereocenters. The van der Waals surface area contributed by atoms with E-state index in [1.165, 1.54) is 38.9 Å². The number of hydrogen-bond acceptors (Lipinski definition) is 1. The summed E-state index contributed by atoms with van der Waals surface area (Å²) in [7, 11) is 5.38. The van der Waals surface area contributed by atoms with E-state index >= 15 is 0 Å². The average molecular weight is 379 g/mol. The van der Waals surface area contributed by atoms with Gasteiger partial charge in [-0.2, -0.15) is 45.5 Å². The van der Waals surface area contributed by atoms with Crippen LogP contribution in [0.25, 0.3) is 0 Å². The number of rotatable bonds is 3. The third-order valence-electron chi connectivity index (χ3n) is 4.98. The second-order valence-corrected chi connectivity index (χ2v) is 6.21. The average Bonchev–Trinajstić information content (AvgIpc) is 2.48. The van der Waals surface area contributed by atoms with Gasteiger partial charge in [-0.25, -0.2) is 0 Å². The monoisotopic (exact) mass is 379 g/mol. The molecular formula is C20H23BOY-2. The molecule has 2 rings (SSSR count). The van der Waals surface area contributed by atoms with E-state index in [4.69, 9.17) is 12.7 Å². The molecule has 117 valence electrons. The molecule has 2 aromatic rings. The van der Waals surface area contributed by atoms with Crippen LogP contribution in [0, 0.1) is 60.6 Å². The second kappa shape index (κ2) is 7.99. The topological polar surface area (TPSA) is 9.23 Å². The van der Waals surface area contributed by atoms with Crippen LogP contribution in [0.4, 0.5) is 0 Å². The summed E-state index contributed by atoms with van der Waals surface area (Å²) in [5.41, 5.74) is 10.9. The fourth-order valence-corrected chi connectivity index (χ4v) is 2.96. The maximum absolute atomic E-state index is 5.38. The van der Waals surface area contributed by atoms with Gasteiger partial charge in [-0.05, 0) is 12.2 Å². The minimum Gasteiger partial charge on any atom is -0.627 e. The van der Waals surface area contributed by atoms with E-state index in [0.29, 0.717) is 0 Å². The Hall–Kier alpha value is -0.591. The molecule has 0 aliphatic rings. The molecule has 0 bridgehead atoms. The van der Waals surface area contributed by atoms with Gasteiger partial charge in [-0.15, -0.1) is 16.7 Å². The van der Waals surface area contributed by atoms with Gasteiger partial charge in [-0.3, -0.25) is 0 Å². The Morgan fingerprint density at radius 2 is 1.17 bits per heavy atom. The van der Waals surface area contributed by atoms with Crippen molar-refractivity contribution >= 4 is 8.05 Å². The van der Waals surface area contributed by atoms with Crippen molar-refractivity contribution in [1.82, 2.24) is 0 Å². The molecule has 0 N–H and O–H groups in total. The van der Waals surface area contributed by atoms with Gasteiger partial charge in [0.1, 0.15) is 0 Å². The molecule has 3 heteroatoms. The van der Waals surface area contributed by atoms with Crippen LogP contribution in [0.15, 0.2) is 0 Å². The molecule has 0 amide bonds. The van der Waals surface area contributed by atoms with Crippen molar-refractivity contribution < 1.29 is 37.4 Å². The molecule has 0 spiro atoms. The Morgan fingerprint density at radius 1 is 0.696 bits per heavy atom. The summed E-state index contributed by atoms with van der Waals surface area (Å²) < 4.78 is 5.00. The van der Waals surface area contributed by atoms with Gasteiger partial charge in [0.15, 0.2) is 0 Å². The normalized spacial score (nSPS) is 10.4. The first-order valence-corrected chi connectivity index (χ1v) is 7.65. The van der Waals surface area contributed by atoms with Crippen molar-refractivity contribution in [1.29, 1.82) is 0 Å². The quantitative estimate of drug-likeness (QED) is 0.564. The number of benzene rings is 2. The minimum atomic E-state index is 0. The molecule has 0 fully saturated rings. The number of hydrogen-bond donors (Lipinski definition) is 0. The summed E-state index contributed by atoms with van der Waals surface area (Å²) in [4.78, 5) is 0. The van der Waals surface area contributed by atoms with E-state index in [0.717, 1.165) is 23.3 Å². The van der Waals surface area contributed by atoms with Gasteiger partial charge >= 0.3 is 8.05 Å². The Kier molecular flexibility index (Phi) is 7.10. The Bertz CT molecular complexity index is 735. The smallest absolute Gasteiger partial charge is 0.356 e. The van der Waals surface area contributed by atoms with Gasteiger partial charge < -0.3 is 4.65 Å². The summed E-state index contributed by atoms with van der Waals surface area (Å²) in [6.07, 6.45) is 0.839. The third-order valence-corrected chi connectivity index (χ3v) is 4.98. The zero-order valence-corrected chi connectivity index (χ0v) is 18.1. The number of aryl methyl sites for hydroxylation is 2. The van der Waals surface area contributed by atoms with Crippen LogP contribution in [0.2, 0.25) is 0 Å². The fraction of sp³-hybridized carbons (Fsp3) is 0.400. The van der Waals surface area contributed by atoms with E-state index in [9.17, 15) is 0 Å². The van der Waals surface area contributed by atoms with Crippen LogP contribution < -0.4 is 4.65 Å². The van der Waals surface area contributed by atoms with Crippen LogP contribution >= 0.6 is 0 Å². The standard InChI is InChI=1S/C20H23BO.Y/c1-11-8-18(15(5)14(4)13(11)3)10-19-9-12(2)20(22-21)17(7)16(19)6;/h10H2,1-7H3;/q-2;. The van der Waals surface area contributed by atoms with Gasteiger partial charge in [0.05, 0.1) is 0 Å². The molecule has 0 aliphatic carbocycles. The van der Waals surface area contributed by atoms with E-state index in [2.05, 4.69) is 46.8 Å². The molecule has 0 heterocycles. The minimum absolute atomic E-state index is 0. The molecule has 23 heavy (non-hydrogen) atoms. The van der Waals surface area contributed by atoms with Crippen molar-refractivity contribution in [3.8, 4) is 5.75 Å². The van der Waals surface area contributed by atoms with Crippen LogP contribution in [0.3, 0.4) is 0 Å². The summed E-state index contributed by atoms with van der Waals surface area (Å²) in [5, 5.41) is 0. The van der Waals surface area contributed by atoms with Crippen molar-refractivity contribution in [2.45, 2.75) is 54.9 Å². The molecule has 1 nitrogen and oxygen atoms in total. The van der Waals surface area contributed by atoms with Crippen molar-refractivity contribution in [2.75, 3.05) is 0 Å². The molecule has 0 aromatic heterocycles. The molecule has 0 saturated heterocycles. The summed E-state index contributed by atoms with van der Waals surface area (Å²) in [6.45, 7) is 14.8. The van der Waals surface area contributed by atoms with E-state index < -0.39 is 0 Å². The van der Waals surface area contributed by atoms with Crippen LogP contribution in [-0.2, 0) is 39.1 Å². The fourth-order valence-electron chi connectivity index (χ4n) is 2.96. The van der Waals surface area contributed by atoms with E-state index in [-0.39, 0.29) is 32.7 Å². The van der Waals surface area contributed by atoms with Gasteiger partial charge in [0, 0.05) is 32.7 Å². The summed E-state index contributed by atoms with van der Waals surface area (Å²) >= 11 is 0. The Labute approximate surface area is 167 Å². The molecule has 3 radical (unpaired) electrons. The predicted octanol–water partition coefficient (Wildman–Crippen LogP) is 4.50. The third kappa shape index (κ3) is 3.91. The summed E-state index contributed by atoms with van der Waals surface area (Å²) in [6, 6.07) is 6.99. The SMILES string of the molecule is [B]Oc1c(C)[c-]c(Cc2[c-]c(C)c(C)c(C)c2C)c(C)c1C.[Y]. The summed E-state index contributed by atoms with van der Waals surface area (Å²) in [5.74, 6) is 0.734. The Balaban J connectivity index is 0.00000264. The van der Waals surface area contributed by atoms with E-state index in [1.54, 1.807) is 0 Å². The molecule has 0 atom stereocenters. The zero-order valence-electron chi connectivity index (χ0n) is 15.3. The van der Waals surface area contributed by atoms with E-state index in [1.807, 2.05) is 13.8 Å². The molecule has 0 saturated carbocycles. The predicted molar refractivity (Wildman–Crippen MR) is 92.9 cm³/mol. The van der Waals surface area contributed by atoms with Crippen LogP contribution in [-0.4, -0.2) is 8.05 Å². The van der Waals surface area contributed by atoms with Gasteiger partial charge in [0.2, 0.25) is 0 Å². The van der Waals surface area contributed by atoms with Crippen molar-refractivity contribution in [3.63, 3.8) is 0 Å². The molecule has 0 aliphatic heterocycles. The largest absolute Gasteiger partial charge is 0.627 e. The first kappa shape index (κ1) is 20.5. The second-order valence-electron chi connectivity index (χ2n) is 6.21. The maximum Gasteiger partial charge on any atom is 0.356 e. The van der Waals surface area contributed by atoms with Gasteiger partial charge in [0.25, 0.3) is 0 Å².